The Labute approximate surface area is 115 Å². The number of ketones is 2. The number of carboxylic acids is 1. The van der Waals surface area contributed by atoms with Gasteiger partial charge in [-0.15, -0.1) is 11.8 Å². The van der Waals surface area contributed by atoms with E-state index in [0.29, 0.717) is 5.56 Å². The molecule has 1 atom stereocenters. The number of carbonyl (C=O) groups excluding carboxylic acids is 2. The van der Waals surface area contributed by atoms with Crippen LogP contribution in [0.15, 0.2) is 23.1 Å². The molecule has 0 bridgehead atoms. The third-order valence-corrected chi connectivity index (χ3v) is 4.54. The molecule has 0 spiro atoms. The summed E-state index contributed by atoms with van der Waals surface area (Å²) in [7, 11) is 0. The number of rotatable bonds is 2. The maximum absolute atomic E-state index is 12.4. The lowest BCUT2D eigenvalue weighted by molar-refractivity contribution is -0.150. The van der Waals surface area contributed by atoms with Gasteiger partial charge in [0.25, 0.3) is 5.78 Å². The van der Waals surface area contributed by atoms with Crippen molar-refractivity contribution in [2.24, 2.45) is 5.92 Å². The Balaban J connectivity index is 2.56. The van der Waals surface area contributed by atoms with Crippen LogP contribution < -0.4 is 0 Å². The fourth-order valence-corrected chi connectivity index (χ4v) is 3.60. The van der Waals surface area contributed by atoms with Gasteiger partial charge < -0.3 is 5.11 Å². The molecule has 1 aromatic rings. The first-order valence-corrected chi connectivity index (χ1v) is 6.66. The van der Waals surface area contributed by atoms with E-state index in [1.807, 2.05) is 19.1 Å². The van der Waals surface area contributed by atoms with E-state index in [9.17, 15) is 14.4 Å². The predicted octanol–water partition coefficient (Wildman–Crippen LogP) is 2.33. The number of aryl methyl sites for hydroxylation is 1. The Kier molecular flexibility index (Phi) is 3.26. The number of carbonyl (C=O) groups is 3. The van der Waals surface area contributed by atoms with Crippen LogP contribution in [0.3, 0.4) is 0 Å². The van der Waals surface area contributed by atoms with E-state index in [-0.39, 0.29) is 0 Å². The minimum absolute atomic E-state index is 0.394. The van der Waals surface area contributed by atoms with E-state index in [0.717, 1.165) is 10.5 Å². The molecule has 1 aromatic carbocycles. The summed E-state index contributed by atoms with van der Waals surface area (Å²) in [6, 6.07) is 5.45. The van der Waals surface area contributed by atoms with Gasteiger partial charge >= 0.3 is 5.97 Å². The number of fused-ring (bicyclic) bond motifs is 1. The molecule has 1 heterocycles. The van der Waals surface area contributed by atoms with Crippen LogP contribution in [0.25, 0.3) is 0 Å². The van der Waals surface area contributed by atoms with Gasteiger partial charge in [-0.2, -0.15) is 0 Å². The average Bonchev–Trinajstić information content (AvgIpc) is 2.29. The molecular weight excluding hydrogens is 264 g/mol. The maximum Gasteiger partial charge on any atom is 0.373 e. The molecule has 1 aliphatic rings. The van der Waals surface area contributed by atoms with Gasteiger partial charge in [-0.25, -0.2) is 4.79 Å². The lowest BCUT2D eigenvalue weighted by Gasteiger charge is -2.35. The highest BCUT2D eigenvalue weighted by atomic mass is 32.2. The highest BCUT2D eigenvalue weighted by molar-refractivity contribution is 8.01. The van der Waals surface area contributed by atoms with Gasteiger partial charge in [-0.1, -0.05) is 11.6 Å². The van der Waals surface area contributed by atoms with Crippen LogP contribution in [0.5, 0.6) is 0 Å². The van der Waals surface area contributed by atoms with Crippen molar-refractivity contribution in [2.45, 2.75) is 30.4 Å². The quantitative estimate of drug-likeness (QED) is 0.664. The van der Waals surface area contributed by atoms with E-state index >= 15 is 0 Å². The average molecular weight is 278 g/mol. The van der Waals surface area contributed by atoms with E-state index in [1.54, 1.807) is 19.9 Å². The smallest absolute Gasteiger partial charge is 0.373 e. The zero-order valence-electron chi connectivity index (χ0n) is 10.9. The summed E-state index contributed by atoms with van der Waals surface area (Å²) in [6.07, 6.45) is 0. The van der Waals surface area contributed by atoms with Gasteiger partial charge in [0.05, 0.1) is 0 Å². The number of benzene rings is 1. The van der Waals surface area contributed by atoms with Crippen molar-refractivity contribution in [3.63, 3.8) is 0 Å². The van der Waals surface area contributed by atoms with Crippen LogP contribution >= 0.6 is 11.8 Å². The Hall–Kier alpha value is -1.62. The van der Waals surface area contributed by atoms with Crippen molar-refractivity contribution in [2.75, 3.05) is 0 Å². The molecule has 0 saturated carbocycles. The molecule has 0 saturated heterocycles. The fourth-order valence-electron chi connectivity index (χ4n) is 2.30. The molecule has 19 heavy (non-hydrogen) atoms. The number of Topliss-reactive ketones (excluding diaryl/α,β-unsaturated/α-hetero) is 2. The van der Waals surface area contributed by atoms with Crippen molar-refractivity contribution in [3.8, 4) is 0 Å². The second-order valence-electron chi connectivity index (χ2n) is 5.17. The number of hydrogen-bond acceptors (Lipinski definition) is 4. The summed E-state index contributed by atoms with van der Waals surface area (Å²) in [5.74, 6) is -4.11. The molecule has 2 rings (SSSR count). The van der Waals surface area contributed by atoms with Crippen LogP contribution in [-0.2, 0) is 9.59 Å². The van der Waals surface area contributed by atoms with Gasteiger partial charge in [0.1, 0.15) is 5.92 Å². The van der Waals surface area contributed by atoms with E-state index in [2.05, 4.69) is 0 Å². The summed E-state index contributed by atoms with van der Waals surface area (Å²) in [6.45, 7) is 5.31. The molecule has 1 N–H and O–H groups in total. The van der Waals surface area contributed by atoms with Crippen LogP contribution in [0, 0.1) is 12.8 Å². The predicted molar refractivity (Wildman–Crippen MR) is 71.6 cm³/mol. The molecule has 1 aliphatic heterocycles. The highest BCUT2D eigenvalue weighted by Crippen LogP contribution is 2.46. The summed E-state index contributed by atoms with van der Waals surface area (Å²) < 4.78 is -0.755. The lowest BCUT2D eigenvalue weighted by Crippen LogP contribution is -2.45. The number of carboxylic acid groups (broad SMARTS) is 1. The van der Waals surface area contributed by atoms with Crippen molar-refractivity contribution < 1.29 is 19.5 Å². The molecule has 100 valence electrons. The third-order valence-electron chi connectivity index (χ3n) is 3.20. The van der Waals surface area contributed by atoms with Crippen molar-refractivity contribution in [1.29, 1.82) is 0 Å². The molecule has 4 nitrogen and oxygen atoms in total. The molecule has 0 radical (unpaired) electrons. The first-order valence-electron chi connectivity index (χ1n) is 5.85. The van der Waals surface area contributed by atoms with E-state index in [4.69, 9.17) is 5.11 Å². The Morgan fingerprint density at radius 3 is 2.53 bits per heavy atom. The van der Waals surface area contributed by atoms with Gasteiger partial charge in [0.15, 0.2) is 5.78 Å². The molecule has 0 aliphatic carbocycles. The number of thioether (sulfide) groups is 1. The van der Waals surface area contributed by atoms with Crippen LogP contribution in [0.2, 0.25) is 0 Å². The third kappa shape index (κ3) is 2.30. The standard InChI is InChI=1S/C14H14O4S/c1-7-4-5-9-8(6-7)11(15)10(12(16)13(17)18)14(2,3)19-9/h4-6,10H,1-3H3,(H,17,18). The number of aliphatic carboxylic acids is 1. The SMILES string of the molecule is Cc1ccc2c(c1)C(=O)C(C(=O)C(=O)O)C(C)(C)S2. The zero-order chi connectivity index (χ0) is 14.4. The lowest BCUT2D eigenvalue weighted by atomic mass is 9.83. The topological polar surface area (TPSA) is 71.4 Å². The summed E-state index contributed by atoms with van der Waals surface area (Å²) in [5.41, 5.74) is 1.36. The van der Waals surface area contributed by atoms with Crippen molar-refractivity contribution in [1.82, 2.24) is 0 Å². The van der Waals surface area contributed by atoms with Gasteiger partial charge in [-0.3, -0.25) is 9.59 Å². The van der Waals surface area contributed by atoms with E-state index < -0.39 is 28.2 Å². The largest absolute Gasteiger partial charge is 0.475 e. The van der Waals surface area contributed by atoms with Crippen LogP contribution in [0.1, 0.15) is 29.8 Å². The van der Waals surface area contributed by atoms with Gasteiger partial charge in [0, 0.05) is 15.2 Å². The minimum atomic E-state index is -1.55. The Morgan fingerprint density at radius 2 is 1.95 bits per heavy atom. The van der Waals surface area contributed by atoms with Crippen LogP contribution in [-0.4, -0.2) is 27.4 Å². The fraction of sp³-hybridized carbons (Fsp3) is 0.357. The maximum atomic E-state index is 12.4. The summed E-state index contributed by atoms with van der Waals surface area (Å²) in [4.78, 5) is 35.9. The monoisotopic (exact) mass is 278 g/mol. The summed E-state index contributed by atoms with van der Waals surface area (Å²) >= 11 is 1.38. The normalized spacial score (nSPS) is 20.8. The molecule has 5 heteroatoms. The van der Waals surface area contributed by atoms with Crippen LogP contribution in [0.4, 0.5) is 0 Å². The highest BCUT2D eigenvalue weighted by Gasteiger charge is 2.48. The molecule has 0 aromatic heterocycles. The van der Waals surface area contributed by atoms with Crippen molar-refractivity contribution in [3.05, 3.63) is 29.3 Å². The second kappa shape index (κ2) is 4.49. The molecule has 0 fully saturated rings. The number of hydrogen-bond donors (Lipinski definition) is 1. The Morgan fingerprint density at radius 1 is 1.32 bits per heavy atom. The van der Waals surface area contributed by atoms with Crippen molar-refractivity contribution >= 4 is 29.3 Å². The zero-order valence-corrected chi connectivity index (χ0v) is 11.7. The second-order valence-corrected chi connectivity index (χ2v) is 6.87. The van der Waals surface area contributed by atoms with Gasteiger partial charge in [-0.05, 0) is 32.9 Å². The van der Waals surface area contributed by atoms with E-state index in [1.165, 1.54) is 11.8 Å². The van der Waals surface area contributed by atoms with Gasteiger partial charge in [0.2, 0.25) is 0 Å². The molecule has 1 unspecified atom stereocenters. The molecular formula is C14H14O4S. The minimum Gasteiger partial charge on any atom is -0.475 e. The first kappa shape index (κ1) is 13.8. The summed E-state index contributed by atoms with van der Waals surface area (Å²) in [5, 5.41) is 8.88. The Bertz CT molecular complexity index is 589. The molecule has 0 amide bonds. The first-order chi connectivity index (χ1) is 8.74.